The molecule has 3 amide bonds. The van der Waals surface area contributed by atoms with E-state index in [-0.39, 0.29) is 23.8 Å². The second-order valence-corrected chi connectivity index (χ2v) is 6.22. The second-order valence-electron chi connectivity index (χ2n) is 6.22. The van der Waals surface area contributed by atoms with E-state index in [0.29, 0.717) is 13.0 Å². The summed E-state index contributed by atoms with van der Waals surface area (Å²) in [5.41, 5.74) is 10.6. The molecule has 20 heavy (non-hydrogen) atoms. The van der Waals surface area contributed by atoms with Crippen LogP contribution in [0.1, 0.15) is 33.6 Å². The molecule has 1 aliphatic rings. The standard InChI is InChI=1S/C13H24N4O3/c1-13(2,3)10(15)12(20)17-6-4-5-8(17)11(19)16-7-9(14)18/h8,10H,4-7,15H2,1-3H3,(H2,14,18)(H,16,19)/t8-,10?/m0/s1. The molecule has 1 aliphatic heterocycles. The van der Waals surface area contributed by atoms with Gasteiger partial charge >= 0.3 is 0 Å². The minimum absolute atomic E-state index is 0.220. The van der Waals surface area contributed by atoms with Crippen molar-refractivity contribution in [3.8, 4) is 0 Å². The zero-order valence-corrected chi connectivity index (χ0v) is 12.3. The van der Waals surface area contributed by atoms with Gasteiger partial charge in [0.2, 0.25) is 17.7 Å². The summed E-state index contributed by atoms with van der Waals surface area (Å²) < 4.78 is 0. The molecule has 0 aromatic heterocycles. The molecule has 1 unspecified atom stereocenters. The minimum atomic E-state index is -0.660. The van der Waals surface area contributed by atoms with Crippen molar-refractivity contribution in [3.05, 3.63) is 0 Å². The fourth-order valence-corrected chi connectivity index (χ4v) is 2.14. The third-order valence-electron chi connectivity index (χ3n) is 3.47. The van der Waals surface area contributed by atoms with E-state index in [1.54, 1.807) is 0 Å². The first-order valence-electron chi connectivity index (χ1n) is 6.76. The van der Waals surface area contributed by atoms with Crippen LogP contribution in [0, 0.1) is 5.41 Å². The van der Waals surface area contributed by atoms with Gasteiger partial charge < -0.3 is 21.7 Å². The number of likely N-dealkylation sites (tertiary alicyclic amines) is 1. The van der Waals surface area contributed by atoms with Crippen LogP contribution in [-0.4, -0.2) is 47.8 Å². The molecule has 1 fully saturated rings. The van der Waals surface area contributed by atoms with Crippen molar-refractivity contribution in [1.29, 1.82) is 0 Å². The topological polar surface area (TPSA) is 119 Å². The zero-order valence-electron chi connectivity index (χ0n) is 12.3. The quantitative estimate of drug-likeness (QED) is 0.610. The van der Waals surface area contributed by atoms with Gasteiger partial charge in [-0.1, -0.05) is 20.8 Å². The Kier molecular flexibility index (Phi) is 5.10. The highest BCUT2D eigenvalue weighted by Crippen LogP contribution is 2.24. The van der Waals surface area contributed by atoms with Crippen LogP contribution >= 0.6 is 0 Å². The Morgan fingerprint density at radius 2 is 1.95 bits per heavy atom. The van der Waals surface area contributed by atoms with Crippen molar-refractivity contribution in [2.75, 3.05) is 13.1 Å². The highest BCUT2D eigenvalue weighted by molar-refractivity contribution is 5.92. The van der Waals surface area contributed by atoms with Crippen molar-refractivity contribution >= 4 is 17.7 Å². The van der Waals surface area contributed by atoms with E-state index in [4.69, 9.17) is 11.5 Å². The van der Waals surface area contributed by atoms with Gasteiger partial charge in [-0.25, -0.2) is 0 Å². The molecule has 1 saturated heterocycles. The van der Waals surface area contributed by atoms with E-state index in [9.17, 15) is 14.4 Å². The van der Waals surface area contributed by atoms with Crippen molar-refractivity contribution in [2.24, 2.45) is 16.9 Å². The fourth-order valence-electron chi connectivity index (χ4n) is 2.14. The number of nitrogens with zero attached hydrogens (tertiary/aromatic N) is 1. The van der Waals surface area contributed by atoms with Crippen LogP contribution in [-0.2, 0) is 14.4 Å². The van der Waals surface area contributed by atoms with Crippen molar-refractivity contribution < 1.29 is 14.4 Å². The van der Waals surface area contributed by atoms with Gasteiger partial charge in [-0.2, -0.15) is 0 Å². The molecule has 114 valence electrons. The lowest BCUT2D eigenvalue weighted by Gasteiger charge is -2.32. The number of carbonyl (C=O) groups is 3. The Morgan fingerprint density at radius 1 is 1.35 bits per heavy atom. The maximum absolute atomic E-state index is 12.4. The maximum Gasteiger partial charge on any atom is 0.243 e. The van der Waals surface area contributed by atoms with Crippen LogP contribution in [0.2, 0.25) is 0 Å². The third kappa shape index (κ3) is 3.93. The molecule has 1 rings (SSSR count). The Labute approximate surface area is 119 Å². The van der Waals surface area contributed by atoms with E-state index in [2.05, 4.69) is 5.32 Å². The number of hydrogen-bond acceptors (Lipinski definition) is 4. The van der Waals surface area contributed by atoms with E-state index in [0.717, 1.165) is 6.42 Å². The molecule has 2 atom stereocenters. The molecule has 7 heteroatoms. The summed E-state index contributed by atoms with van der Waals surface area (Å²) in [6, 6.07) is -1.22. The van der Waals surface area contributed by atoms with E-state index < -0.39 is 18.0 Å². The van der Waals surface area contributed by atoms with Crippen LogP contribution < -0.4 is 16.8 Å². The van der Waals surface area contributed by atoms with Gasteiger partial charge in [0.1, 0.15) is 6.04 Å². The zero-order chi connectivity index (χ0) is 15.5. The fraction of sp³-hybridized carbons (Fsp3) is 0.769. The Morgan fingerprint density at radius 3 is 2.45 bits per heavy atom. The lowest BCUT2D eigenvalue weighted by atomic mass is 9.86. The van der Waals surface area contributed by atoms with Crippen molar-refractivity contribution in [1.82, 2.24) is 10.2 Å². The van der Waals surface area contributed by atoms with Crippen molar-refractivity contribution in [2.45, 2.75) is 45.7 Å². The number of nitrogens with two attached hydrogens (primary N) is 2. The number of nitrogens with one attached hydrogen (secondary N) is 1. The van der Waals surface area contributed by atoms with Gasteiger partial charge in [-0.3, -0.25) is 14.4 Å². The van der Waals surface area contributed by atoms with E-state index in [1.807, 2.05) is 20.8 Å². The number of primary amides is 1. The van der Waals surface area contributed by atoms with E-state index >= 15 is 0 Å². The van der Waals surface area contributed by atoms with Crippen LogP contribution in [0.15, 0.2) is 0 Å². The van der Waals surface area contributed by atoms with Gasteiger partial charge in [0, 0.05) is 6.54 Å². The highest BCUT2D eigenvalue weighted by atomic mass is 16.2. The molecule has 0 spiro atoms. The summed E-state index contributed by atoms with van der Waals surface area (Å²) in [6.07, 6.45) is 1.32. The van der Waals surface area contributed by atoms with Gasteiger partial charge in [-0.05, 0) is 18.3 Å². The summed E-state index contributed by atoms with van der Waals surface area (Å²) in [4.78, 5) is 36.5. The summed E-state index contributed by atoms with van der Waals surface area (Å²) in [7, 11) is 0. The molecule has 5 N–H and O–H groups in total. The van der Waals surface area contributed by atoms with Gasteiger partial charge in [-0.15, -0.1) is 0 Å². The molecule has 0 bridgehead atoms. The van der Waals surface area contributed by atoms with Crippen LogP contribution in [0.4, 0.5) is 0 Å². The van der Waals surface area contributed by atoms with Crippen molar-refractivity contribution in [3.63, 3.8) is 0 Å². The van der Waals surface area contributed by atoms with Gasteiger partial charge in [0.25, 0.3) is 0 Å². The number of amides is 3. The Balaban J connectivity index is 2.72. The third-order valence-corrected chi connectivity index (χ3v) is 3.47. The lowest BCUT2D eigenvalue weighted by molar-refractivity contribution is -0.141. The van der Waals surface area contributed by atoms with Crippen LogP contribution in [0.3, 0.4) is 0 Å². The molecule has 0 aromatic rings. The van der Waals surface area contributed by atoms with Crippen LogP contribution in [0.5, 0.6) is 0 Å². The molecule has 0 radical (unpaired) electrons. The normalized spacial score (nSPS) is 20.6. The Hall–Kier alpha value is -1.63. The molecule has 0 aromatic carbocycles. The number of hydrogen-bond donors (Lipinski definition) is 3. The average molecular weight is 284 g/mol. The molecule has 0 aliphatic carbocycles. The molecule has 0 saturated carbocycles. The highest BCUT2D eigenvalue weighted by Gasteiger charge is 2.39. The molecule has 1 heterocycles. The second kappa shape index (κ2) is 6.21. The first-order chi connectivity index (χ1) is 9.14. The minimum Gasteiger partial charge on any atom is -0.368 e. The summed E-state index contributed by atoms with van der Waals surface area (Å²) in [6.45, 7) is 5.94. The smallest absolute Gasteiger partial charge is 0.243 e. The predicted octanol–water partition coefficient (Wildman–Crippen LogP) is -1.05. The predicted molar refractivity (Wildman–Crippen MR) is 74.4 cm³/mol. The molecule has 7 nitrogen and oxygen atoms in total. The average Bonchev–Trinajstić information content (AvgIpc) is 2.81. The van der Waals surface area contributed by atoms with Gasteiger partial charge in [0.15, 0.2) is 0 Å². The first-order valence-corrected chi connectivity index (χ1v) is 6.76. The largest absolute Gasteiger partial charge is 0.368 e. The first kappa shape index (κ1) is 16.4. The lowest BCUT2D eigenvalue weighted by Crippen LogP contribution is -2.55. The monoisotopic (exact) mass is 284 g/mol. The van der Waals surface area contributed by atoms with Gasteiger partial charge in [0.05, 0.1) is 12.6 Å². The molecular formula is C13H24N4O3. The summed E-state index contributed by atoms with van der Waals surface area (Å²) in [5, 5.41) is 2.44. The number of carbonyl (C=O) groups excluding carboxylic acids is 3. The van der Waals surface area contributed by atoms with E-state index in [1.165, 1.54) is 4.90 Å². The Bertz CT molecular complexity index is 403. The van der Waals surface area contributed by atoms with Crippen LogP contribution in [0.25, 0.3) is 0 Å². The maximum atomic E-state index is 12.4. The molecular weight excluding hydrogens is 260 g/mol. The number of rotatable bonds is 4. The summed E-state index contributed by atoms with van der Waals surface area (Å²) >= 11 is 0. The SMILES string of the molecule is CC(C)(C)C(N)C(=O)N1CCC[C@H]1C(=O)NCC(N)=O. The summed E-state index contributed by atoms with van der Waals surface area (Å²) in [5.74, 6) is -1.19.